The highest BCUT2D eigenvalue weighted by Crippen LogP contribution is 2.21. The second-order valence-corrected chi connectivity index (χ2v) is 6.31. The Morgan fingerprint density at radius 2 is 1.91 bits per heavy atom. The van der Waals surface area contributed by atoms with Gasteiger partial charge in [0.2, 0.25) is 0 Å². The fourth-order valence-corrected chi connectivity index (χ4v) is 3.34. The SMILES string of the molecule is Cc1nn(C)c(Cl)c1CNC1CCN(c2ccccc2)CC1. The molecule has 2 aromatic rings. The molecule has 0 radical (unpaired) electrons. The maximum atomic E-state index is 6.29. The number of para-hydroxylation sites is 1. The van der Waals surface area contributed by atoms with Gasteiger partial charge in [-0.05, 0) is 31.9 Å². The van der Waals surface area contributed by atoms with Crippen molar-refractivity contribution in [2.75, 3.05) is 18.0 Å². The molecule has 0 saturated carbocycles. The van der Waals surface area contributed by atoms with Crippen LogP contribution in [-0.4, -0.2) is 28.9 Å². The van der Waals surface area contributed by atoms with Gasteiger partial charge in [-0.25, -0.2) is 0 Å². The molecule has 1 aromatic carbocycles. The van der Waals surface area contributed by atoms with Crippen molar-refractivity contribution in [3.05, 3.63) is 46.7 Å². The van der Waals surface area contributed by atoms with E-state index < -0.39 is 0 Å². The topological polar surface area (TPSA) is 33.1 Å². The molecule has 0 spiro atoms. The summed E-state index contributed by atoms with van der Waals surface area (Å²) >= 11 is 6.29. The second kappa shape index (κ2) is 6.71. The molecule has 0 atom stereocenters. The molecule has 4 nitrogen and oxygen atoms in total. The average molecular weight is 319 g/mol. The van der Waals surface area contributed by atoms with Gasteiger partial charge in [0.1, 0.15) is 5.15 Å². The van der Waals surface area contributed by atoms with Crippen molar-refractivity contribution in [2.24, 2.45) is 7.05 Å². The van der Waals surface area contributed by atoms with Crippen molar-refractivity contribution in [1.82, 2.24) is 15.1 Å². The molecule has 0 unspecified atom stereocenters. The van der Waals surface area contributed by atoms with Gasteiger partial charge in [-0.1, -0.05) is 29.8 Å². The zero-order valence-electron chi connectivity index (χ0n) is 13.2. The van der Waals surface area contributed by atoms with E-state index in [1.165, 1.54) is 5.69 Å². The number of rotatable bonds is 4. The molecular formula is C17H23ClN4. The molecular weight excluding hydrogens is 296 g/mol. The van der Waals surface area contributed by atoms with Gasteiger partial charge in [0.25, 0.3) is 0 Å². The Hall–Kier alpha value is -1.52. The van der Waals surface area contributed by atoms with Gasteiger partial charge in [-0.15, -0.1) is 0 Å². The third-order valence-electron chi connectivity index (χ3n) is 4.45. The number of halogens is 1. The summed E-state index contributed by atoms with van der Waals surface area (Å²) in [6.07, 6.45) is 2.32. The monoisotopic (exact) mass is 318 g/mol. The van der Waals surface area contributed by atoms with Crippen LogP contribution < -0.4 is 10.2 Å². The van der Waals surface area contributed by atoms with Crippen molar-refractivity contribution in [1.29, 1.82) is 0 Å². The van der Waals surface area contributed by atoms with Crippen LogP contribution in [0.5, 0.6) is 0 Å². The van der Waals surface area contributed by atoms with E-state index in [2.05, 4.69) is 45.6 Å². The van der Waals surface area contributed by atoms with E-state index in [1.54, 1.807) is 4.68 Å². The average Bonchev–Trinajstić information content (AvgIpc) is 2.79. The second-order valence-electron chi connectivity index (χ2n) is 5.96. The fraction of sp³-hybridized carbons (Fsp3) is 0.471. The lowest BCUT2D eigenvalue weighted by Crippen LogP contribution is -2.42. The predicted molar refractivity (Wildman–Crippen MR) is 91.5 cm³/mol. The van der Waals surface area contributed by atoms with Crippen LogP contribution in [0.1, 0.15) is 24.1 Å². The third kappa shape index (κ3) is 3.28. The normalized spacial score (nSPS) is 16.2. The van der Waals surface area contributed by atoms with Crippen LogP contribution >= 0.6 is 11.6 Å². The molecule has 2 heterocycles. The molecule has 5 heteroatoms. The molecule has 0 amide bonds. The summed E-state index contributed by atoms with van der Waals surface area (Å²) < 4.78 is 1.74. The molecule has 1 fully saturated rings. The minimum atomic E-state index is 0.552. The van der Waals surface area contributed by atoms with Gasteiger partial charge in [-0.2, -0.15) is 5.10 Å². The van der Waals surface area contributed by atoms with E-state index in [9.17, 15) is 0 Å². The Kier molecular flexibility index (Phi) is 4.69. The van der Waals surface area contributed by atoms with Crippen molar-refractivity contribution < 1.29 is 0 Å². The summed E-state index contributed by atoms with van der Waals surface area (Å²) in [5.41, 5.74) is 3.46. The number of aryl methyl sites for hydroxylation is 2. The maximum Gasteiger partial charge on any atom is 0.131 e. The van der Waals surface area contributed by atoms with Gasteiger partial charge < -0.3 is 10.2 Å². The van der Waals surface area contributed by atoms with Crippen molar-refractivity contribution in [2.45, 2.75) is 32.4 Å². The molecule has 1 aliphatic heterocycles. The highest BCUT2D eigenvalue weighted by atomic mass is 35.5. The molecule has 3 rings (SSSR count). The van der Waals surface area contributed by atoms with E-state index in [0.717, 1.165) is 48.9 Å². The van der Waals surface area contributed by atoms with Crippen LogP contribution in [0.2, 0.25) is 5.15 Å². The molecule has 118 valence electrons. The van der Waals surface area contributed by atoms with Gasteiger partial charge in [0.05, 0.1) is 5.69 Å². The van der Waals surface area contributed by atoms with E-state index in [-0.39, 0.29) is 0 Å². The molecule has 0 bridgehead atoms. The Bertz CT molecular complexity index is 615. The van der Waals surface area contributed by atoms with Crippen molar-refractivity contribution in [3.63, 3.8) is 0 Å². The van der Waals surface area contributed by atoms with Crippen LogP contribution in [0.4, 0.5) is 5.69 Å². The van der Waals surface area contributed by atoms with E-state index in [1.807, 2.05) is 14.0 Å². The molecule has 1 aliphatic rings. The summed E-state index contributed by atoms with van der Waals surface area (Å²) in [6.45, 7) is 5.01. The Labute approximate surface area is 137 Å². The van der Waals surface area contributed by atoms with Crippen molar-refractivity contribution >= 4 is 17.3 Å². The van der Waals surface area contributed by atoms with E-state index in [4.69, 9.17) is 11.6 Å². The maximum absolute atomic E-state index is 6.29. The summed E-state index contributed by atoms with van der Waals surface area (Å²) in [5.74, 6) is 0. The predicted octanol–water partition coefficient (Wildman–Crippen LogP) is 3.14. The van der Waals surface area contributed by atoms with Gasteiger partial charge in [0, 0.05) is 44.0 Å². The highest BCUT2D eigenvalue weighted by molar-refractivity contribution is 6.30. The van der Waals surface area contributed by atoms with Crippen LogP contribution in [0, 0.1) is 6.92 Å². The zero-order valence-corrected chi connectivity index (χ0v) is 14.0. The van der Waals surface area contributed by atoms with Crippen LogP contribution in [-0.2, 0) is 13.6 Å². The van der Waals surface area contributed by atoms with Gasteiger partial charge >= 0.3 is 0 Å². The van der Waals surface area contributed by atoms with Crippen LogP contribution in [0.3, 0.4) is 0 Å². The number of benzene rings is 1. The molecule has 1 N–H and O–H groups in total. The molecule has 0 aliphatic carbocycles. The number of aromatic nitrogens is 2. The highest BCUT2D eigenvalue weighted by Gasteiger charge is 2.20. The summed E-state index contributed by atoms with van der Waals surface area (Å²) in [7, 11) is 1.89. The number of nitrogens with one attached hydrogen (secondary N) is 1. The summed E-state index contributed by atoms with van der Waals surface area (Å²) in [6, 6.07) is 11.2. The fourth-order valence-electron chi connectivity index (χ4n) is 3.10. The van der Waals surface area contributed by atoms with Crippen LogP contribution in [0.15, 0.2) is 30.3 Å². The number of anilines is 1. The lowest BCUT2D eigenvalue weighted by Gasteiger charge is -2.34. The standard InChI is InChI=1S/C17H23ClN4/c1-13-16(17(18)21(2)20-13)12-19-14-8-10-22(11-9-14)15-6-4-3-5-7-15/h3-7,14,19H,8-12H2,1-2H3. The largest absolute Gasteiger partial charge is 0.371 e. The number of piperidine rings is 1. The summed E-state index contributed by atoms with van der Waals surface area (Å²) in [5, 5.41) is 8.75. The first kappa shape index (κ1) is 15.4. The minimum absolute atomic E-state index is 0.552. The third-order valence-corrected chi connectivity index (χ3v) is 4.93. The first-order valence-electron chi connectivity index (χ1n) is 7.86. The van der Waals surface area contributed by atoms with Gasteiger partial charge in [0.15, 0.2) is 0 Å². The van der Waals surface area contributed by atoms with Gasteiger partial charge in [-0.3, -0.25) is 4.68 Å². The number of hydrogen-bond acceptors (Lipinski definition) is 3. The number of hydrogen-bond donors (Lipinski definition) is 1. The molecule has 1 aromatic heterocycles. The van der Waals surface area contributed by atoms with Crippen molar-refractivity contribution in [3.8, 4) is 0 Å². The Balaban J connectivity index is 1.52. The quantitative estimate of drug-likeness (QED) is 0.940. The molecule has 22 heavy (non-hydrogen) atoms. The first-order chi connectivity index (χ1) is 10.6. The minimum Gasteiger partial charge on any atom is -0.371 e. The zero-order chi connectivity index (χ0) is 15.5. The lowest BCUT2D eigenvalue weighted by atomic mass is 10.0. The number of nitrogens with zero attached hydrogens (tertiary/aromatic N) is 3. The lowest BCUT2D eigenvalue weighted by molar-refractivity contribution is 0.414. The molecule has 1 saturated heterocycles. The Morgan fingerprint density at radius 3 is 2.50 bits per heavy atom. The summed E-state index contributed by atoms with van der Waals surface area (Å²) in [4.78, 5) is 2.46. The van der Waals surface area contributed by atoms with Crippen LogP contribution in [0.25, 0.3) is 0 Å². The first-order valence-corrected chi connectivity index (χ1v) is 8.24. The Morgan fingerprint density at radius 1 is 1.23 bits per heavy atom. The van der Waals surface area contributed by atoms with E-state index in [0.29, 0.717) is 6.04 Å². The van der Waals surface area contributed by atoms with E-state index >= 15 is 0 Å². The smallest absolute Gasteiger partial charge is 0.131 e.